The second-order valence-corrected chi connectivity index (χ2v) is 9.92. The van der Waals surface area contributed by atoms with E-state index in [1.807, 2.05) is 75.4 Å². The van der Waals surface area contributed by atoms with E-state index < -0.39 is 12.0 Å². The molecule has 0 unspecified atom stereocenters. The molecular weight excluding hydrogens is 516 g/mol. The minimum absolute atomic E-state index is 0.0561. The van der Waals surface area contributed by atoms with E-state index in [0.717, 1.165) is 21.3 Å². The van der Waals surface area contributed by atoms with Gasteiger partial charge in [0.1, 0.15) is 5.75 Å². The average Bonchev–Trinajstić information content (AvgIpc) is 3.14. The topological polar surface area (TPSA) is 69.9 Å². The Kier molecular flexibility index (Phi) is 7.19. The molecule has 0 aliphatic carbocycles. The van der Waals surface area contributed by atoms with E-state index in [1.54, 1.807) is 4.57 Å². The van der Waals surface area contributed by atoms with Gasteiger partial charge >= 0.3 is 5.97 Å². The SMILES string of the molecule is CCC1=C(C(=O)OC)[C@H](c2ccccc2)n2c(s/c(=C/c3ccc(OC(C)C)c(Br)c3)c2=O)=N1. The minimum atomic E-state index is -0.601. The molecule has 1 aliphatic heterocycles. The van der Waals surface area contributed by atoms with Crippen molar-refractivity contribution in [1.29, 1.82) is 0 Å². The van der Waals surface area contributed by atoms with Crippen LogP contribution in [-0.2, 0) is 9.53 Å². The number of aromatic nitrogens is 1. The molecule has 0 bridgehead atoms. The standard InChI is InChI=1S/C26H25BrN2O4S/c1-5-19-22(25(31)32-4)23(17-9-7-6-8-10-17)29-24(30)21(34-26(29)28-19)14-16-11-12-20(18(27)13-16)33-15(2)3/h6-15,23H,5H2,1-4H3/b21-14+/t23-/m0/s1. The molecule has 6 nitrogen and oxygen atoms in total. The largest absolute Gasteiger partial charge is 0.490 e. The molecule has 2 aromatic carbocycles. The Morgan fingerprint density at radius 1 is 1.24 bits per heavy atom. The molecule has 0 N–H and O–H groups in total. The van der Waals surface area contributed by atoms with Gasteiger partial charge in [0.15, 0.2) is 4.80 Å². The summed E-state index contributed by atoms with van der Waals surface area (Å²) in [4.78, 5) is 31.7. The minimum Gasteiger partial charge on any atom is -0.490 e. The summed E-state index contributed by atoms with van der Waals surface area (Å²) >= 11 is 4.86. The van der Waals surface area contributed by atoms with Crippen LogP contribution >= 0.6 is 27.3 Å². The number of carbonyl (C=O) groups excluding carboxylic acids is 1. The highest BCUT2D eigenvalue weighted by Crippen LogP contribution is 2.32. The molecule has 0 radical (unpaired) electrons. The lowest BCUT2D eigenvalue weighted by atomic mass is 9.95. The number of esters is 1. The molecule has 2 heterocycles. The van der Waals surface area contributed by atoms with Crippen LogP contribution in [0.15, 0.2) is 74.1 Å². The first-order valence-electron chi connectivity index (χ1n) is 11.0. The van der Waals surface area contributed by atoms with Gasteiger partial charge in [-0.15, -0.1) is 0 Å². The van der Waals surface area contributed by atoms with Crippen LogP contribution in [0.1, 0.15) is 44.4 Å². The zero-order chi connectivity index (χ0) is 24.4. The second kappa shape index (κ2) is 10.1. The number of thiazole rings is 1. The van der Waals surface area contributed by atoms with Gasteiger partial charge < -0.3 is 9.47 Å². The summed E-state index contributed by atoms with van der Waals surface area (Å²) in [6.07, 6.45) is 2.44. The Morgan fingerprint density at radius 2 is 1.97 bits per heavy atom. The summed E-state index contributed by atoms with van der Waals surface area (Å²) in [7, 11) is 1.35. The molecular formula is C26H25BrN2O4S. The molecule has 0 saturated heterocycles. The van der Waals surface area contributed by atoms with E-state index >= 15 is 0 Å². The van der Waals surface area contributed by atoms with Crippen molar-refractivity contribution in [3.05, 3.63) is 95.1 Å². The monoisotopic (exact) mass is 540 g/mol. The Morgan fingerprint density at radius 3 is 2.59 bits per heavy atom. The van der Waals surface area contributed by atoms with Gasteiger partial charge in [0.05, 0.1) is 39.5 Å². The van der Waals surface area contributed by atoms with Gasteiger partial charge in [-0.3, -0.25) is 9.36 Å². The third-order valence-corrected chi connectivity index (χ3v) is 6.98. The maximum absolute atomic E-state index is 13.6. The molecule has 176 valence electrons. The van der Waals surface area contributed by atoms with Crippen LogP contribution in [0.4, 0.5) is 0 Å². The van der Waals surface area contributed by atoms with Gasteiger partial charge in [-0.1, -0.05) is 54.7 Å². The fourth-order valence-corrected chi connectivity index (χ4v) is 5.43. The molecule has 1 aromatic heterocycles. The molecule has 4 rings (SSSR count). The lowest BCUT2D eigenvalue weighted by Crippen LogP contribution is -2.40. The van der Waals surface area contributed by atoms with Crippen molar-refractivity contribution in [2.75, 3.05) is 7.11 Å². The lowest BCUT2D eigenvalue weighted by molar-refractivity contribution is -0.136. The zero-order valence-electron chi connectivity index (χ0n) is 19.4. The smallest absolute Gasteiger partial charge is 0.338 e. The number of carbonyl (C=O) groups is 1. The van der Waals surface area contributed by atoms with Crippen LogP contribution in [0.5, 0.6) is 5.75 Å². The van der Waals surface area contributed by atoms with Crippen LogP contribution in [0.2, 0.25) is 0 Å². The Labute approximate surface area is 210 Å². The number of hydrogen-bond acceptors (Lipinski definition) is 6. The van der Waals surface area contributed by atoms with Crippen molar-refractivity contribution in [3.63, 3.8) is 0 Å². The quantitative estimate of drug-likeness (QED) is 0.436. The predicted molar refractivity (Wildman–Crippen MR) is 137 cm³/mol. The molecule has 0 saturated carbocycles. The molecule has 0 fully saturated rings. The van der Waals surface area contributed by atoms with Gasteiger partial charge in [0.25, 0.3) is 5.56 Å². The Hall–Kier alpha value is -2.97. The maximum atomic E-state index is 13.6. The number of allylic oxidation sites excluding steroid dienone is 1. The van der Waals surface area contributed by atoms with Crippen molar-refractivity contribution in [1.82, 2.24) is 4.57 Å². The van der Waals surface area contributed by atoms with Gasteiger partial charge in [-0.25, -0.2) is 9.79 Å². The molecule has 34 heavy (non-hydrogen) atoms. The number of halogens is 1. The first kappa shape index (κ1) is 24.2. The number of methoxy groups -OCH3 is 1. The summed E-state index contributed by atoms with van der Waals surface area (Å²) < 4.78 is 13.8. The van der Waals surface area contributed by atoms with Gasteiger partial charge in [-0.2, -0.15) is 0 Å². The van der Waals surface area contributed by atoms with E-state index in [4.69, 9.17) is 9.47 Å². The number of ether oxygens (including phenoxy) is 2. The van der Waals surface area contributed by atoms with E-state index in [-0.39, 0.29) is 11.7 Å². The van der Waals surface area contributed by atoms with E-state index in [2.05, 4.69) is 20.9 Å². The summed E-state index contributed by atoms with van der Waals surface area (Å²) in [5.74, 6) is 0.265. The highest BCUT2D eigenvalue weighted by molar-refractivity contribution is 9.10. The van der Waals surface area contributed by atoms with Crippen LogP contribution < -0.4 is 19.6 Å². The third-order valence-electron chi connectivity index (χ3n) is 5.38. The van der Waals surface area contributed by atoms with Crippen LogP contribution in [0.25, 0.3) is 6.08 Å². The fourth-order valence-electron chi connectivity index (χ4n) is 3.92. The highest BCUT2D eigenvalue weighted by Gasteiger charge is 2.33. The maximum Gasteiger partial charge on any atom is 0.338 e. The number of hydrogen-bond donors (Lipinski definition) is 0. The summed E-state index contributed by atoms with van der Waals surface area (Å²) in [5.41, 5.74) is 2.51. The summed E-state index contributed by atoms with van der Waals surface area (Å²) in [5, 5.41) is 0. The Balaban J connectivity index is 1.90. The first-order valence-corrected chi connectivity index (χ1v) is 12.6. The van der Waals surface area contributed by atoms with Crippen molar-refractivity contribution in [3.8, 4) is 5.75 Å². The second-order valence-electron chi connectivity index (χ2n) is 8.06. The van der Waals surface area contributed by atoms with E-state index in [1.165, 1.54) is 18.4 Å². The predicted octanol–water partition coefficient (Wildman–Crippen LogP) is 4.35. The normalized spacial score (nSPS) is 15.8. The van der Waals surface area contributed by atoms with Gasteiger partial charge in [0, 0.05) is 0 Å². The van der Waals surface area contributed by atoms with Crippen LogP contribution in [0.3, 0.4) is 0 Å². The van der Waals surface area contributed by atoms with Crippen molar-refractivity contribution in [2.45, 2.75) is 39.3 Å². The van der Waals surface area contributed by atoms with Crippen molar-refractivity contribution >= 4 is 39.3 Å². The summed E-state index contributed by atoms with van der Waals surface area (Å²) in [6.45, 7) is 5.88. The highest BCUT2D eigenvalue weighted by atomic mass is 79.9. The van der Waals surface area contributed by atoms with Crippen LogP contribution in [0, 0.1) is 0 Å². The van der Waals surface area contributed by atoms with E-state index in [9.17, 15) is 9.59 Å². The number of benzene rings is 2. The summed E-state index contributed by atoms with van der Waals surface area (Å²) in [6, 6.07) is 14.6. The fraction of sp³-hybridized carbons (Fsp3) is 0.269. The Bertz CT molecular complexity index is 1440. The molecule has 1 aliphatic rings. The third kappa shape index (κ3) is 4.65. The number of nitrogens with zero attached hydrogens (tertiary/aromatic N) is 2. The zero-order valence-corrected chi connectivity index (χ0v) is 21.8. The molecule has 1 atom stereocenters. The lowest BCUT2D eigenvalue weighted by Gasteiger charge is -2.25. The van der Waals surface area contributed by atoms with Gasteiger partial charge in [-0.05, 0) is 65.5 Å². The van der Waals surface area contributed by atoms with Gasteiger partial charge in [0.2, 0.25) is 0 Å². The molecule has 8 heteroatoms. The van der Waals surface area contributed by atoms with Crippen molar-refractivity contribution < 1.29 is 14.3 Å². The number of rotatable bonds is 6. The molecule has 0 amide bonds. The number of fused-ring (bicyclic) bond motifs is 1. The molecule has 0 spiro atoms. The molecule has 3 aromatic rings. The van der Waals surface area contributed by atoms with Crippen molar-refractivity contribution in [2.24, 2.45) is 4.99 Å². The average molecular weight is 541 g/mol. The first-order chi connectivity index (χ1) is 16.3. The van der Waals surface area contributed by atoms with E-state index in [0.29, 0.717) is 27.0 Å². The van der Waals surface area contributed by atoms with Crippen LogP contribution in [-0.4, -0.2) is 23.8 Å².